The van der Waals surface area contributed by atoms with Gasteiger partial charge in [0, 0.05) is 28.5 Å². The lowest BCUT2D eigenvalue weighted by molar-refractivity contribution is -0.116. The van der Waals surface area contributed by atoms with Gasteiger partial charge in [0.05, 0.1) is 23.1 Å². The summed E-state index contributed by atoms with van der Waals surface area (Å²) in [7, 11) is 0. The van der Waals surface area contributed by atoms with Crippen molar-refractivity contribution in [3.05, 3.63) is 93.2 Å². The summed E-state index contributed by atoms with van der Waals surface area (Å²) < 4.78 is 17.9. The Kier molecular flexibility index (Phi) is 6.35. The van der Waals surface area contributed by atoms with E-state index in [4.69, 9.17) is 25.8 Å². The molecular formula is C27H21ClN2O6. The van der Waals surface area contributed by atoms with Crippen LogP contribution in [0, 0.1) is 0 Å². The molecule has 1 aliphatic rings. The van der Waals surface area contributed by atoms with E-state index in [2.05, 4.69) is 5.32 Å². The Labute approximate surface area is 211 Å². The zero-order valence-corrected chi connectivity index (χ0v) is 20.0. The highest BCUT2D eigenvalue weighted by Gasteiger charge is 2.22. The molecule has 0 spiro atoms. The van der Waals surface area contributed by atoms with Crippen LogP contribution in [0.4, 0.5) is 5.69 Å². The second kappa shape index (κ2) is 9.75. The number of nitrogens with one attached hydrogen (secondary N) is 1. The van der Waals surface area contributed by atoms with Crippen molar-refractivity contribution in [3.63, 3.8) is 0 Å². The summed E-state index contributed by atoms with van der Waals surface area (Å²) in [5, 5.41) is 3.55. The molecule has 1 N–H and O–H groups in total. The van der Waals surface area contributed by atoms with Crippen molar-refractivity contribution in [3.8, 4) is 17.2 Å². The van der Waals surface area contributed by atoms with E-state index < -0.39 is 11.2 Å². The predicted octanol–water partition coefficient (Wildman–Crippen LogP) is 4.65. The third kappa shape index (κ3) is 4.63. The summed E-state index contributed by atoms with van der Waals surface area (Å²) in [5.41, 5.74) is 0.800. The van der Waals surface area contributed by atoms with Crippen molar-refractivity contribution < 1.29 is 23.8 Å². The average molecular weight is 505 g/mol. The molecule has 2 heterocycles. The Morgan fingerprint density at radius 2 is 1.72 bits per heavy atom. The van der Waals surface area contributed by atoms with E-state index in [1.807, 2.05) is 6.92 Å². The molecule has 3 aromatic carbocycles. The van der Waals surface area contributed by atoms with E-state index in [9.17, 15) is 14.4 Å². The Morgan fingerprint density at radius 3 is 2.42 bits per heavy atom. The van der Waals surface area contributed by atoms with Gasteiger partial charge in [-0.15, -0.1) is 0 Å². The lowest BCUT2D eigenvalue weighted by Gasteiger charge is -2.14. The fourth-order valence-electron chi connectivity index (χ4n) is 3.99. The number of nitrogens with zero attached hydrogens (tertiary/aromatic N) is 1. The molecule has 182 valence electrons. The summed E-state index contributed by atoms with van der Waals surface area (Å²) in [6.45, 7) is 2.31. The summed E-state index contributed by atoms with van der Waals surface area (Å²) in [4.78, 5) is 39.5. The molecule has 0 bridgehead atoms. The molecule has 0 saturated carbocycles. The number of carbonyl (C=O) groups is 2. The van der Waals surface area contributed by atoms with Gasteiger partial charge in [-0.3, -0.25) is 14.4 Å². The number of hydrogen-bond donors (Lipinski definition) is 1. The van der Waals surface area contributed by atoms with Crippen LogP contribution in [0.1, 0.15) is 22.8 Å². The van der Waals surface area contributed by atoms with E-state index >= 15 is 0 Å². The van der Waals surface area contributed by atoms with Crippen LogP contribution in [0.15, 0.2) is 71.7 Å². The summed E-state index contributed by atoms with van der Waals surface area (Å²) in [6.07, 6.45) is 1.40. The van der Waals surface area contributed by atoms with E-state index in [1.54, 1.807) is 65.2 Å². The van der Waals surface area contributed by atoms with Crippen LogP contribution < -0.4 is 25.0 Å². The number of benzene rings is 3. The van der Waals surface area contributed by atoms with E-state index in [-0.39, 0.29) is 30.2 Å². The molecule has 1 aliphatic heterocycles. The minimum atomic E-state index is -0.475. The number of anilines is 1. The zero-order valence-electron chi connectivity index (χ0n) is 19.2. The maximum atomic E-state index is 13.4. The quantitative estimate of drug-likeness (QED) is 0.368. The van der Waals surface area contributed by atoms with Crippen molar-refractivity contribution in [2.24, 2.45) is 0 Å². The van der Waals surface area contributed by atoms with Crippen LogP contribution in [0.3, 0.4) is 0 Å². The van der Waals surface area contributed by atoms with Crippen molar-refractivity contribution in [1.82, 2.24) is 4.57 Å². The van der Waals surface area contributed by atoms with E-state index in [0.717, 1.165) is 0 Å². The standard InChI is InChI=1S/C27H21ClN2O6/c1-2-34-19-9-7-18(8-10-19)29-25(31)14-30-13-21(26(32)16-3-5-17(28)6-4-16)27(33)20-11-23-24(12-22(20)30)36-15-35-23/h3-13H,2,14-15H2,1H3,(H,29,31). The van der Waals surface area contributed by atoms with Crippen molar-refractivity contribution in [1.29, 1.82) is 0 Å². The normalized spacial score (nSPS) is 11.9. The Hall–Kier alpha value is -4.30. The Bertz CT molecular complexity index is 1530. The molecule has 9 heteroatoms. The highest BCUT2D eigenvalue weighted by Crippen LogP contribution is 2.35. The number of hydrogen-bond acceptors (Lipinski definition) is 6. The number of halogens is 1. The van der Waals surface area contributed by atoms with Crippen LogP contribution in [-0.2, 0) is 11.3 Å². The lowest BCUT2D eigenvalue weighted by atomic mass is 10.0. The number of fused-ring (bicyclic) bond motifs is 2. The Balaban J connectivity index is 1.53. The van der Waals surface area contributed by atoms with Gasteiger partial charge in [0.25, 0.3) is 0 Å². The highest BCUT2D eigenvalue weighted by molar-refractivity contribution is 6.30. The monoisotopic (exact) mass is 504 g/mol. The maximum Gasteiger partial charge on any atom is 0.244 e. The summed E-state index contributed by atoms with van der Waals surface area (Å²) >= 11 is 5.94. The van der Waals surface area contributed by atoms with Crippen molar-refractivity contribution in [2.45, 2.75) is 13.5 Å². The molecule has 36 heavy (non-hydrogen) atoms. The SMILES string of the molecule is CCOc1ccc(NC(=O)Cn2cc(C(=O)c3ccc(Cl)cc3)c(=O)c3cc4c(cc32)OCO4)cc1. The summed E-state index contributed by atoms with van der Waals surface area (Å²) in [6, 6.07) is 16.4. The second-order valence-corrected chi connectivity index (χ2v) is 8.50. The topological polar surface area (TPSA) is 95.9 Å². The number of rotatable bonds is 7. The van der Waals surface area contributed by atoms with E-state index in [0.29, 0.717) is 45.6 Å². The fourth-order valence-corrected chi connectivity index (χ4v) is 4.11. The van der Waals surface area contributed by atoms with Crippen LogP contribution in [0.2, 0.25) is 5.02 Å². The molecule has 0 aliphatic carbocycles. The van der Waals surface area contributed by atoms with Crippen LogP contribution in [-0.4, -0.2) is 29.7 Å². The van der Waals surface area contributed by atoms with Gasteiger partial charge in [0.2, 0.25) is 18.1 Å². The van der Waals surface area contributed by atoms with Crippen molar-refractivity contribution in [2.75, 3.05) is 18.7 Å². The first-order valence-electron chi connectivity index (χ1n) is 11.2. The first-order chi connectivity index (χ1) is 17.4. The molecule has 0 unspecified atom stereocenters. The van der Waals surface area contributed by atoms with Crippen LogP contribution >= 0.6 is 11.6 Å². The molecule has 1 amide bonds. The summed E-state index contributed by atoms with van der Waals surface area (Å²) in [5.74, 6) is 0.743. The van der Waals surface area contributed by atoms with Gasteiger partial charge in [-0.1, -0.05) is 11.6 Å². The lowest BCUT2D eigenvalue weighted by Crippen LogP contribution is -2.24. The van der Waals surface area contributed by atoms with E-state index in [1.165, 1.54) is 6.20 Å². The minimum absolute atomic E-state index is 0.0225. The smallest absolute Gasteiger partial charge is 0.244 e. The second-order valence-electron chi connectivity index (χ2n) is 8.06. The van der Waals surface area contributed by atoms with Crippen LogP contribution in [0.25, 0.3) is 10.9 Å². The number of pyridine rings is 1. The highest BCUT2D eigenvalue weighted by atomic mass is 35.5. The van der Waals surface area contributed by atoms with Gasteiger partial charge in [0.1, 0.15) is 12.3 Å². The Morgan fingerprint density at radius 1 is 1.03 bits per heavy atom. The average Bonchev–Trinajstić information content (AvgIpc) is 3.34. The van der Waals surface area contributed by atoms with Gasteiger partial charge < -0.3 is 24.1 Å². The molecule has 0 saturated heterocycles. The zero-order chi connectivity index (χ0) is 25.2. The third-order valence-corrected chi connectivity index (χ3v) is 5.94. The fraction of sp³-hybridized carbons (Fsp3) is 0.148. The number of carbonyl (C=O) groups excluding carboxylic acids is 2. The van der Waals surface area contributed by atoms with Gasteiger partial charge >= 0.3 is 0 Å². The predicted molar refractivity (Wildman–Crippen MR) is 135 cm³/mol. The van der Waals surface area contributed by atoms with Crippen molar-refractivity contribution >= 4 is 39.9 Å². The van der Waals surface area contributed by atoms with Crippen LogP contribution in [0.5, 0.6) is 17.2 Å². The largest absolute Gasteiger partial charge is 0.494 e. The first-order valence-corrected chi connectivity index (χ1v) is 11.6. The molecule has 0 radical (unpaired) electrons. The molecular weight excluding hydrogens is 484 g/mol. The number of ketones is 1. The first kappa shape index (κ1) is 23.4. The molecule has 5 rings (SSSR count). The third-order valence-electron chi connectivity index (χ3n) is 5.69. The minimum Gasteiger partial charge on any atom is -0.494 e. The molecule has 8 nitrogen and oxygen atoms in total. The van der Waals surface area contributed by atoms with Gasteiger partial charge in [-0.25, -0.2) is 0 Å². The molecule has 0 atom stereocenters. The van der Waals surface area contributed by atoms with Gasteiger partial charge in [-0.2, -0.15) is 0 Å². The number of aromatic nitrogens is 1. The molecule has 1 aromatic heterocycles. The molecule has 0 fully saturated rings. The number of ether oxygens (including phenoxy) is 3. The van der Waals surface area contributed by atoms with Gasteiger partial charge in [-0.05, 0) is 61.5 Å². The maximum absolute atomic E-state index is 13.4. The number of amides is 1. The van der Waals surface area contributed by atoms with Gasteiger partial charge in [0.15, 0.2) is 17.3 Å². The molecule has 4 aromatic rings.